The van der Waals surface area contributed by atoms with Gasteiger partial charge >= 0.3 is 0 Å². The highest BCUT2D eigenvalue weighted by Gasteiger charge is 2.19. The number of nitrogens with one attached hydrogen (secondary N) is 1. The van der Waals surface area contributed by atoms with Crippen molar-refractivity contribution in [2.75, 3.05) is 19.5 Å². The maximum absolute atomic E-state index is 11.8. The molecule has 0 heterocycles. The summed E-state index contributed by atoms with van der Waals surface area (Å²) in [6.07, 6.45) is 4.47. The lowest BCUT2D eigenvalue weighted by molar-refractivity contribution is 0.183. The fraction of sp³-hybridized carbons (Fsp3) is 0.846. The first-order chi connectivity index (χ1) is 8.46. The summed E-state index contributed by atoms with van der Waals surface area (Å²) in [5.41, 5.74) is 0.902. The molecule has 0 saturated heterocycles. The van der Waals surface area contributed by atoms with Crippen LogP contribution in [0.5, 0.6) is 0 Å². The van der Waals surface area contributed by atoms with Crippen LogP contribution in [0.4, 0.5) is 0 Å². The van der Waals surface area contributed by atoms with Gasteiger partial charge in [0.25, 0.3) is 0 Å². The van der Waals surface area contributed by atoms with Crippen molar-refractivity contribution in [3.8, 4) is 0 Å². The van der Waals surface area contributed by atoms with Crippen molar-refractivity contribution in [2.45, 2.75) is 52.0 Å². The van der Waals surface area contributed by atoms with Crippen LogP contribution in [-0.2, 0) is 14.8 Å². The molecule has 0 radical (unpaired) electrons. The summed E-state index contributed by atoms with van der Waals surface area (Å²) < 4.78 is 31.4. The van der Waals surface area contributed by atoms with E-state index in [9.17, 15) is 8.42 Å². The zero-order chi connectivity index (χ0) is 14.0. The predicted molar refractivity (Wildman–Crippen MR) is 76.2 cm³/mol. The number of hydrogen-bond donors (Lipinski definition) is 1. The molecule has 0 rings (SSSR count). The zero-order valence-corrected chi connectivity index (χ0v) is 12.7. The number of rotatable bonds is 11. The Bertz CT molecular complexity index is 325. The van der Waals surface area contributed by atoms with Crippen molar-refractivity contribution in [3.05, 3.63) is 12.2 Å². The van der Waals surface area contributed by atoms with E-state index in [0.717, 1.165) is 31.3 Å². The number of methoxy groups -OCH3 is 1. The van der Waals surface area contributed by atoms with Gasteiger partial charge in [0.15, 0.2) is 0 Å². The molecule has 5 heteroatoms. The average Bonchev–Trinajstić information content (AvgIpc) is 2.32. The third-order valence-electron chi connectivity index (χ3n) is 2.77. The summed E-state index contributed by atoms with van der Waals surface area (Å²) in [6, 6.07) is -0.302. The Morgan fingerprint density at radius 3 is 2.39 bits per heavy atom. The molecule has 4 nitrogen and oxygen atoms in total. The van der Waals surface area contributed by atoms with Gasteiger partial charge in [-0.05, 0) is 19.3 Å². The van der Waals surface area contributed by atoms with Gasteiger partial charge in [-0.3, -0.25) is 0 Å². The summed E-state index contributed by atoms with van der Waals surface area (Å²) in [5, 5.41) is 0. The Labute approximate surface area is 112 Å². The summed E-state index contributed by atoms with van der Waals surface area (Å²) >= 11 is 0. The largest absolute Gasteiger partial charge is 0.383 e. The van der Waals surface area contributed by atoms with Crippen molar-refractivity contribution in [1.82, 2.24) is 4.72 Å². The van der Waals surface area contributed by atoms with Crippen molar-refractivity contribution in [1.29, 1.82) is 0 Å². The van der Waals surface area contributed by atoms with Crippen LogP contribution in [0.15, 0.2) is 12.2 Å². The normalized spacial score (nSPS) is 13.5. The Kier molecular flexibility index (Phi) is 9.32. The van der Waals surface area contributed by atoms with Gasteiger partial charge in [0.2, 0.25) is 10.0 Å². The average molecular weight is 277 g/mol. The van der Waals surface area contributed by atoms with Gasteiger partial charge in [-0.2, -0.15) is 0 Å². The lowest BCUT2D eigenvalue weighted by atomic mass is 10.0. The molecule has 0 fully saturated rings. The number of sulfonamides is 1. The van der Waals surface area contributed by atoms with E-state index in [-0.39, 0.29) is 11.8 Å². The van der Waals surface area contributed by atoms with Gasteiger partial charge < -0.3 is 4.74 Å². The van der Waals surface area contributed by atoms with E-state index < -0.39 is 10.0 Å². The molecular weight excluding hydrogens is 250 g/mol. The molecule has 1 N–H and O–H groups in total. The minimum Gasteiger partial charge on any atom is -0.383 e. The summed E-state index contributed by atoms with van der Waals surface area (Å²) in [4.78, 5) is 0. The van der Waals surface area contributed by atoms with Crippen molar-refractivity contribution in [3.63, 3.8) is 0 Å². The molecule has 0 aliphatic rings. The number of hydrogen-bond acceptors (Lipinski definition) is 3. The van der Waals surface area contributed by atoms with E-state index in [1.807, 2.05) is 6.92 Å². The second-order valence-corrected chi connectivity index (χ2v) is 6.43. The maximum atomic E-state index is 11.8. The number of unbranched alkanes of at least 4 members (excludes halogenated alkanes) is 2. The van der Waals surface area contributed by atoms with Crippen LogP contribution in [-0.4, -0.2) is 33.9 Å². The molecule has 0 spiro atoms. The van der Waals surface area contributed by atoms with E-state index in [0.29, 0.717) is 13.0 Å². The van der Waals surface area contributed by atoms with E-state index in [4.69, 9.17) is 4.74 Å². The highest BCUT2D eigenvalue weighted by atomic mass is 32.2. The summed E-state index contributed by atoms with van der Waals surface area (Å²) in [6.45, 7) is 8.39. The van der Waals surface area contributed by atoms with Crippen LogP contribution in [0.3, 0.4) is 0 Å². The predicted octanol–water partition coefficient (Wildman–Crippen LogP) is 2.47. The lowest BCUT2D eigenvalue weighted by Crippen LogP contribution is -2.40. The van der Waals surface area contributed by atoms with Crippen LogP contribution in [0.2, 0.25) is 0 Å². The SMILES string of the molecule is C=C(CCCC)[C@@H](COC)NS(=O)(=O)CCCC. The fourth-order valence-electron chi connectivity index (χ4n) is 1.59. The molecule has 0 unspecified atom stereocenters. The molecule has 18 heavy (non-hydrogen) atoms. The van der Waals surface area contributed by atoms with Crippen LogP contribution < -0.4 is 4.72 Å². The smallest absolute Gasteiger partial charge is 0.212 e. The standard InChI is InChI=1S/C13H27NO3S/c1-5-7-9-12(3)13(11-17-4)14-18(15,16)10-8-6-2/h13-14H,3,5-11H2,1-2,4H3/t13-/m1/s1. The minimum absolute atomic E-state index is 0.171. The molecule has 0 amide bonds. The van der Waals surface area contributed by atoms with E-state index in [1.54, 1.807) is 7.11 Å². The van der Waals surface area contributed by atoms with Crippen LogP contribution in [0.1, 0.15) is 46.0 Å². The van der Waals surface area contributed by atoms with Crippen molar-refractivity contribution in [2.24, 2.45) is 0 Å². The summed E-state index contributed by atoms with van der Waals surface area (Å²) in [7, 11) is -1.66. The maximum Gasteiger partial charge on any atom is 0.212 e. The molecule has 0 aliphatic carbocycles. The molecule has 0 aromatic carbocycles. The quantitative estimate of drug-likeness (QED) is 0.590. The van der Waals surface area contributed by atoms with Gasteiger partial charge in [-0.25, -0.2) is 13.1 Å². The first kappa shape index (κ1) is 17.6. The summed E-state index contributed by atoms with van der Waals surface area (Å²) in [5.74, 6) is 0.171. The first-order valence-corrected chi connectivity index (χ1v) is 8.28. The zero-order valence-electron chi connectivity index (χ0n) is 11.9. The van der Waals surface area contributed by atoms with Gasteiger partial charge in [-0.1, -0.05) is 38.8 Å². The third kappa shape index (κ3) is 7.84. The Morgan fingerprint density at radius 1 is 1.28 bits per heavy atom. The lowest BCUT2D eigenvalue weighted by Gasteiger charge is -2.20. The first-order valence-electron chi connectivity index (χ1n) is 6.63. The highest BCUT2D eigenvalue weighted by Crippen LogP contribution is 2.11. The monoisotopic (exact) mass is 277 g/mol. The topological polar surface area (TPSA) is 55.4 Å². The van der Waals surface area contributed by atoms with Crippen LogP contribution >= 0.6 is 0 Å². The van der Waals surface area contributed by atoms with E-state index >= 15 is 0 Å². The van der Waals surface area contributed by atoms with Crippen molar-refractivity contribution < 1.29 is 13.2 Å². The molecule has 0 aromatic rings. The molecule has 1 atom stereocenters. The molecule has 0 bridgehead atoms. The fourth-order valence-corrected chi connectivity index (χ4v) is 3.04. The van der Waals surface area contributed by atoms with E-state index in [2.05, 4.69) is 18.2 Å². The number of ether oxygens (including phenoxy) is 1. The molecule has 0 saturated carbocycles. The molecule has 0 aliphatic heterocycles. The highest BCUT2D eigenvalue weighted by molar-refractivity contribution is 7.89. The van der Waals surface area contributed by atoms with E-state index in [1.165, 1.54) is 0 Å². The van der Waals surface area contributed by atoms with Gasteiger partial charge in [0.1, 0.15) is 0 Å². The molecule has 108 valence electrons. The van der Waals surface area contributed by atoms with Gasteiger partial charge in [-0.15, -0.1) is 0 Å². The Balaban J connectivity index is 4.46. The second-order valence-electron chi connectivity index (χ2n) is 4.56. The Hall–Kier alpha value is -0.390. The second kappa shape index (κ2) is 9.53. The van der Waals surface area contributed by atoms with Gasteiger partial charge in [0, 0.05) is 7.11 Å². The van der Waals surface area contributed by atoms with Crippen molar-refractivity contribution >= 4 is 10.0 Å². The Morgan fingerprint density at radius 2 is 1.89 bits per heavy atom. The minimum atomic E-state index is -3.23. The van der Waals surface area contributed by atoms with Gasteiger partial charge in [0.05, 0.1) is 18.4 Å². The van der Waals surface area contributed by atoms with Crippen LogP contribution in [0.25, 0.3) is 0 Å². The third-order valence-corrected chi connectivity index (χ3v) is 4.24. The van der Waals surface area contributed by atoms with Crippen LogP contribution in [0, 0.1) is 0 Å². The molecular formula is C13H27NO3S. The molecule has 0 aromatic heterocycles.